The number of hydrogen-bond donors (Lipinski definition) is 1. The molecule has 1 saturated heterocycles. The molecule has 1 amide bonds. The highest BCUT2D eigenvalue weighted by Crippen LogP contribution is 2.37. The largest absolute Gasteiger partial charge is 0.340 e. The first-order valence-electron chi connectivity index (χ1n) is 11.8. The first-order valence-corrected chi connectivity index (χ1v) is 11.8. The van der Waals surface area contributed by atoms with Gasteiger partial charge in [0.15, 0.2) is 5.82 Å². The Morgan fingerprint density at radius 2 is 1.91 bits per heavy atom. The Labute approximate surface area is 204 Å². The van der Waals surface area contributed by atoms with Crippen LogP contribution < -0.4 is 10.6 Å². The van der Waals surface area contributed by atoms with Gasteiger partial charge >= 0.3 is 0 Å². The Kier molecular flexibility index (Phi) is 4.70. The van der Waals surface area contributed by atoms with E-state index in [0.717, 1.165) is 39.6 Å². The van der Waals surface area contributed by atoms with Crippen LogP contribution in [0.1, 0.15) is 31.4 Å². The highest BCUT2D eigenvalue weighted by Gasteiger charge is 2.38. The lowest BCUT2D eigenvalue weighted by atomic mass is 9.88. The molecule has 1 fully saturated rings. The summed E-state index contributed by atoms with van der Waals surface area (Å²) >= 11 is 0. The molecule has 2 aromatic carbocycles. The van der Waals surface area contributed by atoms with E-state index >= 15 is 0 Å². The second-order valence-electron chi connectivity index (χ2n) is 10.1. The van der Waals surface area contributed by atoms with Crippen LogP contribution in [0.2, 0.25) is 0 Å². The standard InChI is InChI=1S/C28H26N6O/c1-28(2,30)22-13-26(35)34(17-22)23-7-8-24-21(11-23)16-32-15-20(19-5-3-18(14-29)4-6-19)12-25(32)27-31-9-10-33(24)27/h3-12,15,22H,13,16-17,30H2,1-2H3/t22-/m1/s1. The van der Waals surface area contributed by atoms with E-state index in [1.807, 2.05) is 61.5 Å². The van der Waals surface area contributed by atoms with Crippen LogP contribution >= 0.6 is 0 Å². The Morgan fingerprint density at radius 3 is 2.63 bits per heavy atom. The van der Waals surface area contributed by atoms with Crippen LogP contribution in [-0.4, -0.2) is 32.1 Å². The van der Waals surface area contributed by atoms with Gasteiger partial charge in [-0.15, -0.1) is 0 Å². The van der Waals surface area contributed by atoms with E-state index in [1.54, 1.807) is 0 Å². The van der Waals surface area contributed by atoms with Gasteiger partial charge in [0.25, 0.3) is 0 Å². The second-order valence-corrected chi connectivity index (χ2v) is 10.1. The second kappa shape index (κ2) is 7.69. The van der Waals surface area contributed by atoms with Gasteiger partial charge in [-0.05, 0) is 61.4 Å². The number of aromatic nitrogens is 3. The normalized spacial score (nSPS) is 16.9. The molecule has 0 spiro atoms. The van der Waals surface area contributed by atoms with Crippen molar-refractivity contribution in [1.82, 2.24) is 14.1 Å². The van der Waals surface area contributed by atoms with Crippen molar-refractivity contribution in [2.45, 2.75) is 32.4 Å². The zero-order valence-electron chi connectivity index (χ0n) is 19.8. The van der Waals surface area contributed by atoms with Crippen molar-refractivity contribution in [3.63, 3.8) is 0 Å². The maximum Gasteiger partial charge on any atom is 0.227 e. The Balaban J connectivity index is 1.40. The Hall–Kier alpha value is -4.15. The predicted molar refractivity (Wildman–Crippen MR) is 135 cm³/mol. The van der Waals surface area contributed by atoms with Crippen LogP contribution in [0.4, 0.5) is 5.69 Å². The summed E-state index contributed by atoms with van der Waals surface area (Å²) in [7, 11) is 0. The summed E-state index contributed by atoms with van der Waals surface area (Å²) in [4.78, 5) is 19.4. The minimum Gasteiger partial charge on any atom is -0.340 e. The van der Waals surface area contributed by atoms with Gasteiger partial charge in [0.05, 0.1) is 23.0 Å². The molecule has 4 aromatic rings. The highest BCUT2D eigenvalue weighted by atomic mass is 16.2. The average molecular weight is 463 g/mol. The molecule has 0 aliphatic carbocycles. The fraction of sp³-hybridized carbons (Fsp3) is 0.250. The van der Waals surface area contributed by atoms with Gasteiger partial charge < -0.3 is 15.2 Å². The fourth-order valence-electron chi connectivity index (χ4n) is 5.15. The fourth-order valence-corrected chi connectivity index (χ4v) is 5.15. The van der Waals surface area contributed by atoms with Crippen LogP contribution in [0.15, 0.2) is 67.1 Å². The van der Waals surface area contributed by atoms with Gasteiger partial charge in [-0.3, -0.25) is 9.36 Å². The number of amides is 1. The summed E-state index contributed by atoms with van der Waals surface area (Å²) < 4.78 is 4.32. The van der Waals surface area contributed by atoms with Crippen LogP contribution in [0.5, 0.6) is 0 Å². The van der Waals surface area contributed by atoms with E-state index in [9.17, 15) is 4.79 Å². The van der Waals surface area contributed by atoms with Crippen LogP contribution in [0.3, 0.4) is 0 Å². The molecule has 2 aliphatic heterocycles. The van der Waals surface area contributed by atoms with Gasteiger partial charge in [0.2, 0.25) is 5.91 Å². The lowest BCUT2D eigenvalue weighted by Crippen LogP contribution is -2.42. The molecule has 4 heterocycles. The van der Waals surface area contributed by atoms with Crippen molar-refractivity contribution in [2.24, 2.45) is 11.7 Å². The topological polar surface area (TPSA) is 92.9 Å². The van der Waals surface area contributed by atoms with Gasteiger partial charge in [-0.25, -0.2) is 4.98 Å². The van der Waals surface area contributed by atoms with Crippen molar-refractivity contribution in [1.29, 1.82) is 5.26 Å². The molecule has 1 atom stereocenters. The molecule has 6 rings (SSSR count). The minimum absolute atomic E-state index is 0.121. The van der Waals surface area contributed by atoms with Gasteiger partial charge in [-0.1, -0.05) is 12.1 Å². The van der Waals surface area contributed by atoms with Crippen molar-refractivity contribution >= 4 is 11.6 Å². The smallest absolute Gasteiger partial charge is 0.227 e. The molecule has 0 saturated carbocycles. The van der Waals surface area contributed by atoms with Crippen molar-refractivity contribution < 1.29 is 4.79 Å². The maximum absolute atomic E-state index is 12.9. The lowest BCUT2D eigenvalue weighted by Gasteiger charge is -2.26. The summed E-state index contributed by atoms with van der Waals surface area (Å²) in [5.74, 6) is 1.12. The van der Waals surface area contributed by atoms with E-state index in [4.69, 9.17) is 11.0 Å². The molecule has 0 bridgehead atoms. The van der Waals surface area contributed by atoms with Crippen LogP contribution in [0.25, 0.3) is 28.3 Å². The number of fused-ring (bicyclic) bond motifs is 5. The van der Waals surface area contributed by atoms with E-state index in [1.165, 1.54) is 0 Å². The van der Waals surface area contributed by atoms with Gasteiger partial charge in [0.1, 0.15) is 0 Å². The van der Waals surface area contributed by atoms with E-state index in [0.29, 0.717) is 25.1 Å². The molecule has 2 aromatic heterocycles. The zero-order chi connectivity index (χ0) is 24.3. The third-order valence-electron chi connectivity index (χ3n) is 7.27. The maximum atomic E-state index is 12.9. The number of benzene rings is 2. The number of nitrogens with zero attached hydrogens (tertiary/aromatic N) is 5. The van der Waals surface area contributed by atoms with Crippen LogP contribution in [0, 0.1) is 17.2 Å². The van der Waals surface area contributed by atoms with Crippen molar-refractivity contribution in [3.8, 4) is 34.4 Å². The number of carbonyl (C=O) groups is 1. The average Bonchev–Trinajstić information content (AvgIpc) is 3.56. The first kappa shape index (κ1) is 21.4. The Morgan fingerprint density at radius 1 is 1.11 bits per heavy atom. The molecule has 2 aliphatic rings. The number of nitrogens with two attached hydrogens (primary N) is 1. The summed E-state index contributed by atoms with van der Waals surface area (Å²) in [5, 5.41) is 9.12. The number of carbonyl (C=O) groups excluding carboxylic acids is 1. The number of anilines is 1. The molecule has 7 nitrogen and oxygen atoms in total. The molecule has 7 heteroatoms. The highest BCUT2D eigenvalue weighted by molar-refractivity contribution is 5.96. The molecule has 35 heavy (non-hydrogen) atoms. The number of nitriles is 1. The van der Waals surface area contributed by atoms with E-state index in [-0.39, 0.29) is 11.8 Å². The van der Waals surface area contributed by atoms with E-state index in [2.05, 4.69) is 44.6 Å². The third-order valence-corrected chi connectivity index (χ3v) is 7.27. The monoisotopic (exact) mass is 462 g/mol. The molecular formula is C28H26N6O. The summed E-state index contributed by atoms with van der Waals surface area (Å²) in [6.45, 7) is 5.27. The number of rotatable bonds is 3. The van der Waals surface area contributed by atoms with Crippen LogP contribution in [-0.2, 0) is 11.3 Å². The summed E-state index contributed by atoms with van der Waals surface area (Å²) in [6.07, 6.45) is 6.40. The van der Waals surface area contributed by atoms with E-state index < -0.39 is 5.54 Å². The SMILES string of the molecule is CC(C)(N)[C@@H]1CC(=O)N(c2ccc3c(c2)Cn2cc(-c4ccc(C#N)cc4)cc2-c2nccn2-3)C1. The lowest BCUT2D eigenvalue weighted by molar-refractivity contribution is -0.117. The zero-order valence-corrected chi connectivity index (χ0v) is 19.8. The molecule has 0 radical (unpaired) electrons. The Bertz CT molecular complexity index is 1500. The molecular weight excluding hydrogens is 436 g/mol. The number of hydrogen-bond acceptors (Lipinski definition) is 4. The summed E-state index contributed by atoms with van der Waals surface area (Å²) in [5.41, 5.74) is 12.8. The molecule has 0 unspecified atom stereocenters. The number of imidazole rings is 1. The predicted octanol–water partition coefficient (Wildman–Crippen LogP) is 4.33. The molecule has 2 N–H and O–H groups in total. The van der Waals surface area contributed by atoms with Crippen molar-refractivity contribution in [3.05, 3.63) is 78.2 Å². The quantitative estimate of drug-likeness (QED) is 0.432. The van der Waals surface area contributed by atoms with Crippen molar-refractivity contribution in [2.75, 3.05) is 11.4 Å². The molecule has 174 valence electrons. The van der Waals surface area contributed by atoms with Gasteiger partial charge in [-0.2, -0.15) is 5.26 Å². The minimum atomic E-state index is -0.399. The van der Waals surface area contributed by atoms with Gasteiger partial charge in [0, 0.05) is 60.8 Å². The first-order chi connectivity index (χ1) is 16.8. The summed E-state index contributed by atoms with van der Waals surface area (Å²) in [6, 6.07) is 18.2. The third kappa shape index (κ3) is 3.54.